The van der Waals surface area contributed by atoms with Gasteiger partial charge in [-0.2, -0.15) is 0 Å². The highest BCUT2D eigenvalue weighted by atomic mass is 15.1. The summed E-state index contributed by atoms with van der Waals surface area (Å²) in [7, 11) is 2.31. The van der Waals surface area contributed by atoms with Crippen LogP contribution >= 0.6 is 0 Å². The molecule has 2 aliphatic carbocycles. The SMILES string of the molecule is CCCCCC1CCC(C2CCC(N(C)CC)CC2)CC1. The molecule has 2 aliphatic rings. The predicted octanol–water partition coefficient (Wildman–Crippen LogP) is 5.88. The molecule has 0 saturated heterocycles. The van der Waals surface area contributed by atoms with Gasteiger partial charge in [0.05, 0.1) is 0 Å². The average Bonchev–Trinajstić information content (AvgIpc) is 2.55. The Labute approximate surface area is 133 Å². The maximum Gasteiger partial charge on any atom is 0.00923 e. The summed E-state index contributed by atoms with van der Waals surface area (Å²) in [5.41, 5.74) is 0. The molecule has 0 aromatic heterocycles. The lowest BCUT2D eigenvalue weighted by Crippen LogP contribution is -2.36. The third-order valence-corrected chi connectivity index (χ3v) is 6.64. The van der Waals surface area contributed by atoms with Crippen LogP contribution in [0.3, 0.4) is 0 Å². The third kappa shape index (κ3) is 5.27. The molecule has 1 heteroatoms. The van der Waals surface area contributed by atoms with Gasteiger partial charge in [0.2, 0.25) is 0 Å². The van der Waals surface area contributed by atoms with Crippen molar-refractivity contribution in [1.82, 2.24) is 4.90 Å². The Bertz CT molecular complexity index is 259. The fourth-order valence-corrected chi connectivity index (χ4v) is 4.90. The van der Waals surface area contributed by atoms with Gasteiger partial charge in [-0.05, 0) is 69.9 Å². The van der Waals surface area contributed by atoms with E-state index in [1.807, 2.05) is 0 Å². The summed E-state index contributed by atoms with van der Waals surface area (Å²) in [4.78, 5) is 2.57. The largest absolute Gasteiger partial charge is 0.304 e. The quantitative estimate of drug-likeness (QED) is 0.529. The predicted molar refractivity (Wildman–Crippen MR) is 93.6 cm³/mol. The van der Waals surface area contributed by atoms with Gasteiger partial charge in [0.15, 0.2) is 0 Å². The van der Waals surface area contributed by atoms with Crippen molar-refractivity contribution >= 4 is 0 Å². The summed E-state index contributed by atoms with van der Waals surface area (Å²) in [6.07, 6.45) is 18.0. The van der Waals surface area contributed by atoms with Crippen LogP contribution in [0.4, 0.5) is 0 Å². The smallest absolute Gasteiger partial charge is 0.00923 e. The van der Waals surface area contributed by atoms with Crippen LogP contribution in [-0.2, 0) is 0 Å². The first-order chi connectivity index (χ1) is 10.2. The second-order valence-corrected chi connectivity index (χ2v) is 7.92. The van der Waals surface area contributed by atoms with Gasteiger partial charge in [-0.25, -0.2) is 0 Å². The molecule has 0 spiro atoms. The van der Waals surface area contributed by atoms with Crippen molar-refractivity contribution in [2.45, 2.75) is 96.9 Å². The molecule has 2 saturated carbocycles. The molecule has 1 nitrogen and oxygen atoms in total. The highest BCUT2D eigenvalue weighted by Crippen LogP contribution is 2.41. The zero-order valence-corrected chi connectivity index (χ0v) is 14.9. The minimum atomic E-state index is 0.886. The second kappa shape index (κ2) is 9.18. The van der Waals surface area contributed by atoms with E-state index < -0.39 is 0 Å². The number of hydrogen-bond donors (Lipinski definition) is 0. The first-order valence-corrected chi connectivity index (χ1v) is 9.94. The lowest BCUT2D eigenvalue weighted by molar-refractivity contribution is 0.115. The maximum atomic E-state index is 2.57. The highest BCUT2D eigenvalue weighted by Gasteiger charge is 2.31. The molecule has 0 N–H and O–H groups in total. The Morgan fingerprint density at radius 1 is 0.762 bits per heavy atom. The molecule has 0 bridgehead atoms. The Hall–Kier alpha value is -0.0400. The average molecular weight is 294 g/mol. The van der Waals surface area contributed by atoms with E-state index in [0.717, 1.165) is 23.8 Å². The number of unbranched alkanes of at least 4 members (excludes halogenated alkanes) is 2. The van der Waals surface area contributed by atoms with Gasteiger partial charge in [0.25, 0.3) is 0 Å². The van der Waals surface area contributed by atoms with Gasteiger partial charge in [0, 0.05) is 6.04 Å². The van der Waals surface area contributed by atoms with Crippen molar-refractivity contribution < 1.29 is 0 Å². The lowest BCUT2D eigenvalue weighted by atomic mass is 9.69. The highest BCUT2D eigenvalue weighted by molar-refractivity contribution is 4.84. The van der Waals surface area contributed by atoms with Crippen molar-refractivity contribution in [1.29, 1.82) is 0 Å². The molecule has 124 valence electrons. The minimum Gasteiger partial charge on any atom is -0.304 e. The maximum absolute atomic E-state index is 2.57. The van der Waals surface area contributed by atoms with E-state index in [9.17, 15) is 0 Å². The van der Waals surface area contributed by atoms with E-state index >= 15 is 0 Å². The minimum absolute atomic E-state index is 0.886. The van der Waals surface area contributed by atoms with Crippen molar-refractivity contribution in [3.05, 3.63) is 0 Å². The van der Waals surface area contributed by atoms with E-state index in [-0.39, 0.29) is 0 Å². The van der Waals surface area contributed by atoms with Gasteiger partial charge < -0.3 is 4.90 Å². The Morgan fingerprint density at radius 2 is 1.33 bits per heavy atom. The summed E-state index contributed by atoms with van der Waals surface area (Å²) in [6, 6.07) is 0.886. The van der Waals surface area contributed by atoms with Crippen molar-refractivity contribution in [2.75, 3.05) is 13.6 Å². The first-order valence-electron chi connectivity index (χ1n) is 9.94. The van der Waals surface area contributed by atoms with Gasteiger partial charge >= 0.3 is 0 Å². The second-order valence-electron chi connectivity index (χ2n) is 7.92. The number of hydrogen-bond acceptors (Lipinski definition) is 1. The fraction of sp³-hybridized carbons (Fsp3) is 1.00. The summed E-state index contributed by atoms with van der Waals surface area (Å²) < 4.78 is 0. The molecule has 2 rings (SSSR count). The molecule has 0 heterocycles. The Kier molecular flexibility index (Phi) is 7.57. The van der Waals surface area contributed by atoms with Crippen molar-refractivity contribution in [3.63, 3.8) is 0 Å². The van der Waals surface area contributed by atoms with E-state index in [4.69, 9.17) is 0 Å². The Balaban J connectivity index is 1.64. The van der Waals surface area contributed by atoms with Crippen molar-refractivity contribution in [3.8, 4) is 0 Å². The van der Waals surface area contributed by atoms with Gasteiger partial charge in [-0.15, -0.1) is 0 Å². The standard InChI is InChI=1S/C20H39N/c1-4-6-7-8-17-9-11-18(12-10-17)19-13-15-20(16-14-19)21(3)5-2/h17-20H,4-16H2,1-3H3. The molecular weight excluding hydrogens is 254 g/mol. The topological polar surface area (TPSA) is 3.24 Å². The number of rotatable bonds is 7. The van der Waals surface area contributed by atoms with Crippen LogP contribution < -0.4 is 0 Å². The third-order valence-electron chi connectivity index (χ3n) is 6.64. The van der Waals surface area contributed by atoms with E-state index in [0.29, 0.717) is 0 Å². The van der Waals surface area contributed by atoms with Crippen LogP contribution in [0.1, 0.15) is 90.9 Å². The van der Waals surface area contributed by atoms with E-state index in [1.165, 1.54) is 57.9 Å². The van der Waals surface area contributed by atoms with Gasteiger partial charge in [-0.1, -0.05) is 52.4 Å². The van der Waals surface area contributed by atoms with Gasteiger partial charge in [0.1, 0.15) is 0 Å². The normalized spacial score (nSPS) is 34.3. The lowest BCUT2D eigenvalue weighted by Gasteiger charge is -2.40. The summed E-state index contributed by atoms with van der Waals surface area (Å²) >= 11 is 0. The van der Waals surface area contributed by atoms with Crippen LogP contribution in [0.2, 0.25) is 0 Å². The Morgan fingerprint density at radius 3 is 1.86 bits per heavy atom. The molecule has 0 atom stereocenters. The van der Waals surface area contributed by atoms with Crippen LogP contribution in [0.25, 0.3) is 0 Å². The van der Waals surface area contributed by atoms with Crippen LogP contribution in [0.5, 0.6) is 0 Å². The molecule has 2 fully saturated rings. The molecule has 0 aromatic rings. The monoisotopic (exact) mass is 293 g/mol. The van der Waals surface area contributed by atoms with Crippen LogP contribution in [0, 0.1) is 17.8 Å². The summed E-state index contributed by atoms with van der Waals surface area (Å²) in [5, 5.41) is 0. The molecular formula is C20H39N. The van der Waals surface area contributed by atoms with Crippen LogP contribution in [0.15, 0.2) is 0 Å². The molecule has 0 aliphatic heterocycles. The first kappa shape index (κ1) is 17.3. The van der Waals surface area contributed by atoms with E-state index in [1.54, 1.807) is 25.7 Å². The molecule has 0 amide bonds. The van der Waals surface area contributed by atoms with E-state index in [2.05, 4.69) is 25.8 Å². The van der Waals surface area contributed by atoms with Crippen molar-refractivity contribution in [2.24, 2.45) is 17.8 Å². The molecule has 0 radical (unpaired) electrons. The summed E-state index contributed by atoms with van der Waals surface area (Å²) in [5.74, 6) is 3.23. The summed E-state index contributed by atoms with van der Waals surface area (Å²) in [6.45, 7) is 5.84. The molecule has 0 unspecified atom stereocenters. The fourth-order valence-electron chi connectivity index (χ4n) is 4.90. The van der Waals surface area contributed by atoms with Gasteiger partial charge in [-0.3, -0.25) is 0 Å². The zero-order valence-electron chi connectivity index (χ0n) is 14.9. The zero-order chi connectivity index (χ0) is 15.1. The van der Waals surface area contributed by atoms with Crippen LogP contribution in [-0.4, -0.2) is 24.5 Å². The number of nitrogens with zero attached hydrogens (tertiary/aromatic N) is 1. The molecule has 0 aromatic carbocycles. The molecule has 21 heavy (non-hydrogen) atoms.